The molecule has 0 unspecified atom stereocenters. The van der Waals surface area contributed by atoms with Crippen molar-refractivity contribution in [3.8, 4) is 0 Å². The van der Waals surface area contributed by atoms with Gasteiger partial charge in [0.15, 0.2) is 11.3 Å². The lowest BCUT2D eigenvalue weighted by Gasteiger charge is -2.07. The molecule has 0 amide bonds. The molecule has 2 aromatic heterocycles. The maximum Gasteiger partial charge on any atom is 0.343 e. The molecule has 0 saturated carbocycles. The van der Waals surface area contributed by atoms with E-state index in [0.717, 1.165) is 18.4 Å². The van der Waals surface area contributed by atoms with E-state index < -0.39 is 27.0 Å². The molecule has 2 aromatic rings. The van der Waals surface area contributed by atoms with Gasteiger partial charge in [-0.05, 0) is 11.4 Å². The number of aromatic nitrogens is 2. The lowest BCUT2D eigenvalue weighted by molar-refractivity contribution is 0.535. The second-order valence-corrected chi connectivity index (χ2v) is 6.39. The standard InChI is InChI=1S/C9H8FN3O3S2/c1-12-8(11)6(10)5-13(9(12)14)18(15,16)7-3-2-4-17-7/h2-5,11H,1H3. The molecule has 0 aliphatic heterocycles. The largest absolute Gasteiger partial charge is 0.343 e. The van der Waals surface area contributed by atoms with E-state index in [-0.39, 0.29) is 4.21 Å². The summed E-state index contributed by atoms with van der Waals surface area (Å²) < 4.78 is 38.3. The Hall–Kier alpha value is -1.74. The minimum Gasteiger partial charge on any atom is -0.282 e. The summed E-state index contributed by atoms with van der Waals surface area (Å²) in [4.78, 5) is 11.7. The summed E-state index contributed by atoms with van der Waals surface area (Å²) in [6.07, 6.45) is 0.514. The van der Waals surface area contributed by atoms with Crippen LogP contribution >= 0.6 is 11.3 Å². The van der Waals surface area contributed by atoms with Crippen LogP contribution in [0, 0.1) is 11.2 Å². The van der Waals surface area contributed by atoms with Gasteiger partial charge in [-0.3, -0.25) is 9.98 Å². The molecule has 0 atom stereocenters. The minimum absolute atomic E-state index is 0.0678. The average molecular weight is 289 g/mol. The van der Waals surface area contributed by atoms with Crippen LogP contribution in [0.4, 0.5) is 4.39 Å². The highest BCUT2D eigenvalue weighted by molar-refractivity contribution is 7.92. The number of thiophene rings is 1. The Kier molecular flexibility index (Phi) is 2.95. The molecule has 2 rings (SSSR count). The first-order chi connectivity index (χ1) is 8.35. The van der Waals surface area contributed by atoms with Crippen LogP contribution in [0.3, 0.4) is 0 Å². The molecular weight excluding hydrogens is 281 g/mol. The molecule has 9 heteroatoms. The van der Waals surface area contributed by atoms with Crippen molar-refractivity contribution in [2.24, 2.45) is 7.05 Å². The zero-order valence-corrected chi connectivity index (χ0v) is 10.8. The topological polar surface area (TPSA) is 84.9 Å². The normalized spacial score (nSPS) is 11.7. The molecule has 18 heavy (non-hydrogen) atoms. The smallest absolute Gasteiger partial charge is 0.282 e. The third kappa shape index (κ3) is 1.81. The summed E-state index contributed by atoms with van der Waals surface area (Å²) in [7, 11) is -2.98. The van der Waals surface area contributed by atoms with Crippen molar-refractivity contribution in [2.75, 3.05) is 0 Å². The van der Waals surface area contributed by atoms with Crippen LogP contribution in [0.1, 0.15) is 0 Å². The van der Waals surface area contributed by atoms with Crippen molar-refractivity contribution in [3.63, 3.8) is 0 Å². The maximum atomic E-state index is 13.4. The van der Waals surface area contributed by atoms with Crippen molar-refractivity contribution in [1.82, 2.24) is 8.54 Å². The van der Waals surface area contributed by atoms with E-state index in [1.54, 1.807) is 0 Å². The first kappa shape index (κ1) is 12.7. The average Bonchev–Trinajstić information content (AvgIpc) is 2.85. The molecule has 0 aliphatic rings. The maximum absolute atomic E-state index is 13.4. The van der Waals surface area contributed by atoms with E-state index in [0.29, 0.717) is 14.7 Å². The zero-order chi connectivity index (χ0) is 13.5. The molecule has 6 nitrogen and oxygen atoms in total. The van der Waals surface area contributed by atoms with Crippen molar-refractivity contribution in [3.05, 3.63) is 45.5 Å². The number of nitrogens with one attached hydrogen (secondary N) is 1. The fourth-order valence-corrected chi connectivity index (χ4v) is 3.65. The Morgan fingerprint density at radius 1 is 1.44 bits per heavy atom. The number of halogens is 1. The molecule has 0 bridgehead atoms. The van der Waals surface area contributed by atoms with Gasteiger partial charge in [0, 0.05) is 7.05 Å². The van der Waals surface area contributed by atoms with Crippen LogP contribution in [0.2, 0.25) is 0 Å². The molecule has 0 saturated heterocycles. The summed E-state index contributed by atoms with van der Waals surface area (Å²) >= 11 is 0.923. The number of hydrogen-bond acceptors (Lipinski definition) is 5. The predicted molar refractivity (Wildman–Crippen MR) is 62.4 cm³/mol. The van der Waals surface area contributed by atoms with E-state index in [1.807, 2.05) is 0 Å². The van der Waals surface area contributed by atoms with Crippen LogP contribution in [0.15, 0.2) is 32.7 Å². The SMILES string of the molecule is Cn1c(=N)c(F)cn(S(=O)(=O)c2cccs2)c1=O. The first-order valence-corrected chi connectivity index (χ1v) is 6.99. The Balaban J connectivity index is 2.83. The van der Waals surface area contributed by atoms with Crippen LogP contribution in [0.5, 0.6) is 0 Å². The van der Waals surface area contributed by atoms with E-state index in [2.05, 4.69) is 0 Å². The molecule has 0 spiro atoms. The second kappa shape index (κ2) is 4.18. The summed E-state index contributed by atoms with van der Waals surface area (Å²) in [5.74, 6) is -1.09. The van der Waals surface area contributed by atoms with Gasteiger partial charge in [-0.2, -0.15) is 12.4 Å². The Labute approximate surface area is 105 Å². The van der Waals surface area contributed by atoms with Crippen molar-refractivity contribution >= 4 is 21.4 Å². The quantitative estimate of drug-likeness (QED) is 0.851. The third-order valence-electron chi connectivity index (χ3n) is 2.28. The highest BCUT2D eigenvalue weighted by atomic mass is 32.2. The molecule has 0 radical (unpaired) electrons. The van der Waals surface area contributed by atoms with Gasteiger partial charge < -0.3 is 0 Å². The monoisotopic (exact) mass is 289 g/mol. The number of hydrogen-bond donors (Lipinski definition) is 1. The van der Waals surface area contributed by atoms with Crippen LogP contribution < -0.4 is 11.2 Å². The first-order valence-electron chi connectivity index (χ1n) is 4.67. The van der Waals surface area contributed by atoms with Crippen molar-refractivity contribution < 1.29 is 12.8 Å². The third-order valence-corrected chi connectivity index (χ3v) is 5.28. The minimum atomic E-state index is -4.11. The van der Waals surface area contributed by atoms with E-state index >= 15 is 0 Å². The van der Waals surface area contributed by atoms with Gasteiger partial charge in [0.2, 0.25) is 0 Å². The van der Waals surface area contributed by atoms with Crippen LogP contribution in [-0.4, -0.2) is 17.0 Å². The summed E-state index contributed by atoms with van der Waals surface area (Å²) in [6.45, 7) is 0. The molecule has 0 aromatic carbocycles. The lowest BCUT2D eigenvalue weighted by Crippen LogP contribution is -2.41. The highest BCUT2D eigenvalue weighted by Crippen LogP contribution is 2.17. The van der Waals surface area contributed by atoms with E-state index in [4.69, 9.17) is 5.41 Å². The van der Waals surface area contributed by atoms with Crippen LogP contribution in [0.25, 0.3) is 0 Å². The van der Waals surface area contributed by atoms with Crippen molar-refractivity contribution in [1.29, 1.82) is 5.41 Å². The lowest BCUT2D eigenvalue weighted by atomic mass is 10.6. The summed E-state index contributed by atoms with van der Waals surface area (Å²) in [6, 6.07) is 2.83. The molecule has 0 aliphatic carbocycles. The Bertz CT molecular complexity index is 803. The molecular formula is C9H8FN3O3S2. The summed E-state index contributed by atoms with van der Waals surface area (Å²) in [5, 5.41) is 8.78. The van der Waals surface area contributed by atoms with Gasteiger partial charge in [0.1, 0.15) is 4.21 Å². The highest BCUT2D eigenvalue weighted by Gasteiger charge is 2.21. The second-order valence-electron chi connectivity index (χ2n) is 3.40. The van der Waals surface area contributed by atoms with Crippen molar-refractivity contribution in [2.45, 2.75) is 4.21 Å². The zero-order valence-electron chi connectivity index (χ0n) is 9.12. The fourth-order valence-electron chi connectivity index (χ4n) is 1.30. The molecule has 1 N–H and O–H groups in total. The van der Waals surface area contributed by atoms with Crippen LogP contribution in [-0.2, 0) is 17.1 Å². The molecule has 0 fully saturated rings. The van der Waals surface area contributed by atoms with Gasteiger partial charge in [-0.15, -0.1) is 11.3 Å². The van der Waals surface area contributed by atoms with E-state index in [1.165, 1.54) is 17.5 Å². The Morgan fingerprint density at radius 3 is 2.67 bits per heavy atom. The van der Waals surface area contributed by atoms with E-state index in [9.17, 15) is 17.6 Å². The van der Waals surface area contributed by atoms with Gasteiger partial charge in [0.05, 0.1) is 6.20 Å². The van der Waals surface area contributed by atoms with Gasteiger partial charge in [-0.1, -0.05) is 6.07 Å². The molecule has 96 valence electrons. The summed E-state index contributed by atoms with van der Waals surface area (Å²) in [5.41, 5.74) is -1.66. The predicted octanol–water partition coefficient (Wildman–Crippen LogP) is 0.104. The molecule has 2 heterocycles. The Morgan fingerprint density at radius 2 is 2.11 bits per heavy atom. The number of nitrogens with zero attached hydrogens (tertiary/aromatic N) is 2. The van der Waals surface area contributed by atoms with Gasteiger partial charge in [-0.25, -0.2) is 9.18 Å². The number of rotatable bonds is 2. The fraction of sp³-hybridized carbons (Fsp3) is 0.111. The van der Waals surface area contributed by atoms with Gasteiger partial charge in [0.25, 0.3) is 10.0 Å². The van der Waals surface area contributed by atoms with Gasteiger partial charge >= 0.3 is 5.69 Å².